The number of carbonyl (C=O) groups excluding carboxylic acids is 1. The topological polar surface area (TPSA) is 55.1 Å². The van der Waals surface area contributed by atoms with Gasteiger partial charge in [-0.2, -0.15) is 0 Å². The van der Waals surface area contributed by atoms with Crippen LogP contribution in [0.4, 0.5) is 0 Å². The first-order chi connectivity index (χ1) is 10.1. The fraction of sp³-hybridized carbons (Fsp3) is 0.611. The van der Waals surface area contributed by atoms with E-state index in [1.165, 1.54) is 11.1 Å². The van der Waals surface area contributed by atoms with Crippen molar-refractivity contribution < 1.29 is 4.79 Å². The summed E-state index contributed by atoms with van der Waals surface area (Å²) in [7, 11) is 0. The number of hydrogen-bond acceptors (Lipinski definition) is 2. The van der Waals surface area contributed by atoms with Gasteiger partial charge in [0.15, 0.2) is 0 Å². The van der Waals surface area contributed by atoms with Gasteiger partial charge in [0.1, 0.15) is 0 Å². The van der Waals surface area contributed by atoms with Gasteiger partial charge in [0.25, 0.3) is 0 Å². The number of nitrogens with one attached hydrogen (secondary N) is 1. The molecule has 1 aromatic rings. The zero-order valence-electron chi connectivity index (χ0n) is 13.3. The smallest absolute Gasteiger partial charge is 0.227 e. The zero-order valence-corrected chi connectivity index (χ0v) is 13.3. The normalized spacial score (nSPS) is 25.6. The number of carbonyl (C=O) groups is 1. The summed E-state index contributed by atoms with van der Waals surface area (Å²) in [6, 6.07) is 8.44. The molecule has 1 saturated carbocycles. The summed E-state index contributed by atoms with van der Waals surface area (Å²) in [6.45, 7) is 5.51. The highest BCUT2D eigenvalue weighted by Crippen LogP contribution is 2.38. The van der Waals surface area contributed by atoms with Crippen molar-refractivity contribution in [3.8, 4) is 0 Å². The highest BCUT2D eigenvalue weighted by molar-refractivity contribution is 5.83. The van der Waals surface area contributed by atoms with Gasteiger partial charge in [0, 0.05) is 13.1 Å². The monoisotopic (exact) mass is 288 g/mol. The standard InChI is InChI=1S/C18H28N2O/c1-14-6-9-18(13-19,10-7-14)17(21)20-11-8-16-5-3-4-15(2)12-16/h3-5,12,14H,6-11,13,19H2,1-2H3,(H,20,21). The van der Waals surface area contributed by atoms with Gasteiger partial charge in [-0.1, -0.05) is 36.8 Å². The lowest BCUT2D eigenvalue weighted by Gasteiger charge is -2.37. The first-order valence-electron chi connectivity index (χ1n) is 8.10. The first-order valence-corrected chi connectivity index (χ1v) is 8.10. The summed E-state index contributed by atoms with van der Waals surface area (Å²) in [6.07, 6.45) is 4.97. The Bertz CT molecular complexity index is 476. The Labute approximate surface area is 128 Å². The molecule has 3 heteroatoms. The molecule has 2 rings (SSSR count). The van der Waals surface area contributed by atoms with E-state index in [1.807, 2.05) is 0 Å². The van der Waals surface area contributed by atoms with E-state index in [9.17, 15) is 4.79 Å². The van der Waals surface area contributed by atoms with Gasteiger partial charge >= 0.3 is 0 Å². The predicted molar refractivity (Wildman–Crippen MR) is 87.0 cm³/mol. The number of amides is 1. The minimum absolute atomic E-state index is 0.157. The van der Waals surface area contributed by atoms with Crippen LogP contribution in [-0.4, -0.2) is 19.0 Å². The maximum atomic E-state index is 12.5. The van der Waals surface area contributed by atoms with Crippen molar-refractivity contribution in [3.63, 3.8) is 0 Å². The van der Waals surface area contributed by atoms with Crippen molar-refractivity contribution in [1.29, 1.82) is 0 Å². The SMILES string of the molecule is Cc1cccc(CCNC(=O)C2(CN)CCC(C)CC2)c1. The van der Waals surface area contributed by atoms with Gasteiger partial charge < -0.3 is 11.1 Å². The molecule has 0 radical (unpaired) electrons. The molecule has 1 aromatic carbocycles. The van der Waals surface area contributed by atoms with Crippen LogP contribution in [0.15, 0.2) is 24.3 Å². The Morgan fingerprint density at radius 2 is 2.10 bits per heavy atom. The molecule has 3 nitrogen and oxygen atoms in total. The molecule has 21 heavy (non-hydrogen) atoms. The third kappa shape index (κ3) is 4.07. The van der Waals surface area contributed by atoms with Gasteiger partial charge in [-0.25, -0.2) is 0 Å². The summed E-state index contributed by atoms with van der Waals surface area (Å²) >= 11 is 0. The fourth-order valence-corrected chi connectivity index (χ4v) is 3.21. The Balaban J connectivity index is 1.86. The molecule has 0 heterocycles. The average Bonchev–Trinajstić information content (AvgIpc) is 2.48. The fourth-order valence-electron chi connectivity index (χ4n) is 3.21. The van der Waals surface area contributed by atoms with Crippen LogP contribution in [-0.2, 0) is 11.2 Å². The van der Waals surface area contributed by atoms with E-state index in [1.54, 1.807) is 0 Å². The third-order valence-corrected chi connectivity index (χ3v) is 4.89. The quantitative estimate of drug-likeness (QED) is 0.875. The molecule has 1 aliphatic rings. The molecular weight excluding hydrogens is 260 g/mol. The number of rotatable bonds is 5. The lowest BCUT2D eigenvalue weighted by atomic mass is 9.70. The predicted octanol–water partition coefficient (Wildman–Crippen LogP) is 2.81. The molecule has 0 spiro atoms. The largest absolute Gasteiger partial charge is 0.355 e. The van der Waals surface area contributed by atoms with Gasteiger partial charge in [-0.05, 0) is 50.5 Å². The zero-order chi connectivity index (χ0) is 15.3. The van der Waals surface area contributed by atoms with E-state index in [4.69, 9.17) is 5.73 Å². The van der Waals surface area contributed by atoms with Crippen LogP contribution in [0.25, 0.3) is 0 Å². The molecular formula is C18H28N2O. The molecule has 116 valence electrons. The van der Waals surface area contributed by atoms with Crippen molar-refractivity contribution in [2.75, 3.05) is 13.1 Å². The summed E-state index contributed by atoms with van der Waals surface area (Å²) < 4.78 is 0. The van der Waals surface area contributed by atoms with Gasteiger partial charge in [-0.15, -0.1) is 0 Å². The second kappa shape index (κ2) is 7.08. The molecule has 0 atom stereocenters. The van der Waals surface area contributed by atoms with Crippen LogP contribution in [0.5, 0.6) is 0 Å². The first kappa shape index (κ1) is 16.0. The number of aryl methyl sites for hydroxylation is 1. The van der Waals surface area contributed by atoms with Crippen LogP contribution in [0, 0.1) is 18.3 Å². The van der Waals surface area contributed by atoms with E-state index in [0.717, 1.165) is 38.0 Å². The molecule has 3 N–H and O–H groups in total. The Morgan fingerprint density at radius 3 is 2.71 bits per heavy atom. The summed E-state index contributed by atoms with van der Waals surface area (Å²) in [5.41, 5.74) is 8.14. The van der Waals surface area contributed by atoms with Gasteiger partial charge in [0.2, 0.25) is 5.91 Å². The second-order valence-corrected chi connectivity index (χ2v) is 6.66. The molecule has 0 saturated heterocycles. The van der Waals surface area contributed by atoms with Gasteiger partial charge in [0.05, 0.1) is 5.41 Å². The van der Waals surface area contributed by atoms with Crippen molar-refractivity contribution in [2.24, 2.45) is 17.1 Å². The van der Waals surface area contributed by atoms with E-state index < -0.39 is 0 Å². The van der Waals surface area contributed by atoms with E-state index >= 15 is 0 Å². The Morgan fingerprint density at radius 1 is 1.38 bits per heavy atom. The highest BCUT2D eigenvalue weighted by atomic mass is 16.2. The van der Waals surface area contributed by atoms with Crippen molar-refractivity contribution in [2.45, 2.75) is 46.0 Å². The number of nitrogens with two attached hydrogens (primary N) is 1. The summed E-state index contributed by atoms with van der Waals surface area (Å²) in [5.74, 6) is 0.884. The minimum atomic E-state index is -0.320. The van der Waals surface area contributed by atoms with Gasteiger partial charge in [-0.3, -0.25) is 4.79 Å². The van der Waals surface area contributed by atoms with Crippen molar-refractivity contribution in [1.82, 2.24) is 5.32 Å². The molecule has 1 aliphatic carbocycles. The lowest BCUT2D eigenvalue weighted by molar-refractivity contribution is -0.132. The third-order valence-electron chi connectivity index (χ3n) is 4.89. The van der Waals surface area contributed by atoms with Crippen LogP contribution >= 0.6 is 0 Å². The Hall–Kier alpha value is -1.35. The van der Waals surface area contributed by atoms with Crippen molar-refractivity contribution in [3.05, 3.63) is 35.4 Å². The minimum Gasteiger partial charge on any atom is -0.355 e. The second-order valence-electron chi connectivity index (χ2n) is 6.66. The summed E-state index contributed by atoms with van der Waals surface area (Å²) in [4.78, 5) is 12.5. The Kier molecular flexibility index (Phi) is 5.40. The molecule has 0 unspecified atom stereocenters. The van der Waals surface area contributed by atoms with E-state index in [0.29, 0.717) is 13.1 Å². The van der Waals surface area contributed by atoms with Crippen LogP contribution in [0.2, 0.25) is 0 Å². The number of hydrogen-bond donors (Lipinski definition) is 2. The maximum Gasteiger partial charge on any atom is 0.227 e. The number of benzene rings is 1. The maximum absolute atomic E-state index is 12.5. The average molecular weight is 288 g/mol. The highest BCUT2D eigenvalue weighted by Gasteiger charge is 2.39. The molecule has 0 aliphatic heterocycles. The summed E-state index contributed by atoms with van der Waals surface area (Å²) in [5, 5.41) is 3.11. The van der Waals surface area contributed by atoms with E-state index in [2.05, 4.69) is 43.4 Å². The van der Waals surface area contributed by atoms with Crippen LogP contribution in [0.3, 0.4) is 0 Å². The van der Waals surface area contributed by atoms with Crippen molar-refractivity contribution >= 4 is 5.91 Å². The molecule has 0 bridgehead atoms. The van der Waals surface area contributed by atoms with Crippen LogP contribution < -0.4 is 11.1 Å². The molecule has 0 aromatic heterocycles. The van der Waals surface area contributed by atoms with Crippen LogP contribution in [0.1, 0.15) is 43.7 Å². The molecule has 1 fully saturated rings. The lowest BCUT2D eigenvalue weighted by Crippen LogP contribution is -2.48. The van der Waals surface area contributed by atoms with E-state index in [-0.39, 0.29) is 11.3 Å². The molecule has 1 amide bonds.